The van der Waals surface area contributed by atoms with Crippen LogP contribution in [0.3, 0.4) is 0 Å². The Kier molecular flexibility index (Phi) is 8.06. The summed E-state index contributed by atoms with van der Waals surface area (Å²) in [6.45, 7) is 2.90. The predicted octanol–water partition coefficient (Wildman–Crippen LogP) is -2.80. The molecule has 0 unspecified atom stereocenters. The molecule has 0 aliphatic rings. The van der Waals surface area contributed by atoms with Gasteiger partial charge in [-0.25, -0.2) is 14.6 Å². The molecule has 12 nitrogen and oxygen atoms in total. The minimum atomic E-state index is -0.546. The van der Waals surface area contributed by atoms with E-state index in [1.165, 1.54) is 22.5 Å². The molecule has 0 bridgehead atoms. The minimum Gasteiger partial charge on any atom is -0.420 e. The molecule has 0 aromatic carbocycles. The Morgan fingerprint density at radius 1 is 0.882 bits per heavy atom. The van der Waals surface area contributed by atoms with Crippen molar-refractivity contribution >= 4 is 33.9 Å². The molecule has 4 heterocycles. The molecule has 0 atom stereocenters. The molecule has 0 saturated heterocycles. The summed E-state index contributed by atoms with van der Waals surface area (Å²) in [6.07, 6.45) is 4.52. The number of nitrogens with zero attached hydrogens (tertiary/aromatic N) is 8. The number of aryl methyl sites for hydroxylation is 3. The van der Waals surface area contributed by atoms with E-state index in [0.717, 1.165) is 28.4 Å². The van der Waals surface area contributed by atoms with Crippen LogP contribution in [-0.2, 0) is 33.7 Å². The summed E-state index contributed by atoms with van der Waals surface area (Å²) >= 11 is 5.92. The van der Waals surface area contributed by atoms with Crippen LogP contribution in [0.15, 0.2) is 25.5 Å². The van der Waals surface area contributed by atoms with E-state index in [0.29, 0.717) is 19.5 Å². The van der Waals surface area contributed by atoms with E-state index < -0.39 is 22.5 Å². The zero-order chi connectivity index (χ0) is 23.9. The van der Waals surface area contributed by atoms with E-state index in [1.807, 2.05) is 0 Å². The quantitative estimate of drug-likeness (QED) is 0.145. The van der Waals surface area contributed by atoms with E-state index >= 15 is 0 Å². The van der Waals surface area contributed by atoms with E-state index in [2.05, 4.69) is 21.9 Å². The fourth-order valence-corrected chi connectivity index (χ4v) is 4.14. The first kappa shape index (κ1) is 26.2. The Bertz CT molecular complexity index is 1590. The number of imidazole rings is 2. The van der Waals surface area contributed by atoms with Crippen LogP contribution in [0.5, 0.6) is 0 Å². The van der Waals surface area contributed by atoms with Gasteiger partial charge in [-0.05, 0) is 12.8 Å². The summed E-state index contributed by atoms with van der Waals surface area (Å²) in [4.78, 5) is 63.0. The van der Waals surface area contributed by atoms with Gasteiger partial charge in [0, 0.05) is 50.2 Å². The van der Waals surface area contributed by atoms with Crippen LogP contribution in [0.2, 0.25) is 5.28 Å². The molecule has 0 radical (unpaired) electrons. The van der Waals surface area contributed by atoms with Crippen LogP contribution in [0.4, 0.5) is 0 Å². The van der Waals surface area contributed by atoms with Crippen molar-refractivity contribution in [1.29, 1.82) is 0 Å². The summed E-state index contributed by atoms with van der Waals surface area (Å²) in [5.41, 5.74) is -1.10. The van der Waals surface area contributed by atoms with E-state index in [9.17, 15) is 19.2 Å². The standard InChI is InChI=1S/C20H25ClN8O4.Na/c1-4-5-6-9-28-14-12(23-18(21)24-14)16(30)29(20(28)33)10-7-8-27-11-22-15-13(27)17(31)26(3)19(32)25(15)2;/h11H,4-10H2,1-3H3,(H,23,24,30);/q;+1/p-1. The Labute approximate surface area is 220 Å². The third kappa shape index (κ3) is 4.47. The van der Waals surface area contributed by atoms with Crippen molar-refractivity contribution in [1.82, 2.24) is 37.8 Å². The first-order valence-corrected chi connectivity index (χ1v) is 11.1. The molecule has 34 heavy (non-hydrogen) atoms. The largest absolute Gasteiger partial charge is 1.00 e. The molecule has 0 fully saturated rings. The molecule has 0 N–H and O–H groups in total. The van der Waals surface area contributed by atoms with E-state index in [4.69, 9.17) is 11.6 Å². The zero-order valence-corrected chi connectivity index (χ0v) is 22.4. The maximum Gasteiger partial charge on any atom is 1.00 e. The SMILES string of the molecule is CCCCCn1c(=O)n(CCCn2cnc3c2c(=O)n(C)c(=O)n3C)c(=O)c2[n-]c(Cl)nc21.[Na+]. The molecule has 14 heteroatoms. The van der Waals surface area contributed by atoms with Gasteiger partial charge in [-0.1, -0.05) is 31.4 Å². The van der Waals surface area contributed by atoms with Gasteiger partial charge in [-0.2, -0.15) is 0 Å². The smallest absolute Gasteiger partial charge is 0.420 e. The number of hydrogen-bond acceptors (Lipinski definition) is 6. The Morgan fingerprint density at radius 2 is 1.59 bits per heavy atom. The summed E-state index contributed by atoms with van der Waals surface area (Å²) in [7, 11) is 2.95. The Balaban J connectivity index is 0.00000324. The van der Waals surface area contributed by atoms with E-state index in [1.54, 1.807) is 11.6 Å². The van der Waals surface area contributed by atoms with Gasteiger partial charge in [0.2, 0.25) is 0 Å². The normalized spacial score (nSPS) is 11.4. The van der Waals surface area contributed by atoms with Crippen molar-refractivity contribution in [3.05, 3.63) is 53.3 Å². The second kappa shape index (κ2) is 10.5. The van der Waals surface area contributed by atoms with Gasteiger partial charge < -0.3 is 14.5 Å². The van der Waals surface area contributed by atoms with Gasteiger partial charge in [0.05, 0.1) is 6.33 Å². The zero-order valence-electron chi connectivity index (χ0n) is 19.6. The monoisotopic (exact) mass is 498 g/mol. The van der Waals surface area contributed by atoms with E-state index in [-0.39, 0.29) is 63.7 Å². The minimum absolute atomic E-state index is 0. The van der Waals surface area contributed by atoms with Gasteiger partial charge in [0.15, 0.2) is 11.2 Å². The van der Waals surface area contributed by atoms with Crippen molar-refractivity contribution in [2.24, 2.45) is 14.1 Å². The fraction of sp³-hybridized carbons (Fsp3) is 0.500. The maximum absolute atomic E-state index is 13.1. The van der Waals surface area contributed by atoms with Gasteiger partial charge in [-0.3, -0.25) is 27.9 Å². The average molecular weight is 499 g/mol. The van der Waals surface area contributed by atoms with Crippen molar-refractivity contribution in [3.63, 3.8) is 0 Å². The molecule has 0 amide bonds. The maximum atomic E-state index is 13.1. The summed E-state index contributed by atoms with van der Waals surface area (Å²) in [5, 5.41) is -0.0742. The Morgan fingerprint density at radius 3 is 2.29 bits per heavy atom. The number of aromatic nitrogens is 8. The molecule has 0 aliphatic heterocycles. The van der Waals surface area contributed by atoms with Crippen molar-refractivity contribution < 1.29 is 29.6 Å². The average Bonchev–Trinajstić information content (AvgIpc) is 3.39. The van der Waals surface area contributed by atoms with Crippen molar-refractivity contribution in [2.75, 3.05) is 0 Å². The number of unbranched alkanes of at least 4 members (excludes halogenated alkanes) is 2. The third-order valence-electron chi connectivity index (χ3n) is 5.76. The van der Waals surface area contributed by atoms with Gasteiger partial charge in [0.25, 0.3) is 11.1 Å². The molecule has 0 spiro atoms. The molecule has 4 rings (SSSR count). The Hall–Kier alpha value is -2.41. The summed E-state index contributed by atoms with van der Waals surface area (Å²) in [6, 6.07) is 0. The van der Waals surface area contributed by atoms with Crippen molar-refractivity contribution in [3.8, 4) is 0 Å². The number of rotatable bonds is 8. The van der Waals surface area contributed by atoms with Gasteiger partial charge >= 0.3 is 40.9 Å². The van der Waals surface area contributed by atoms with Crippen LogP contribution >= 0.6 is 11.6 Å². The van der Waals surface area contributed by atoms with Gasteiger partial charge in [-0.15, -0.1) is 0 Å². The van der Waals surface area contributed by atoms with Crippen LogP contribution < -0.4 is 57.0 Å². The molecule has 0 saturated carbocycles. The molecule has 4 aromatic rings. The molecule has 176 valence electrons. The number of hydrogen-bond donors (Lipinski definition) is 0. The topological polar surface area (TPSA) is 133 Å². The van der Waals surface area contributed by atoms with Crippen LogP contribution in [-0.4, -0.2) is 32.8 Å². The van der Waals surface area contributed by atoms with Crippen LogP contribution in [0, 0.1) is 0 Å². The fourth-order valence-electron chi connectivity index (χ4n) is 3.97. The van der Waals surface area contributed by atoms with Crippen molar-refractivity contribution in [2.45, 2.75) is 52.2 Å². The summed E-state index contributed by atoms with van der Waals surface area (Å²) < 4.78 is 6.53. The first-order valence-electron chi connectivity index (χ1n) is 10.7. The van der Waals surface area contributed by atoms with Crippen LogP contribution in [0.25, 0.3) is 22.3 Å². The van der Waals surface area contributed by atoms with Crippen LogP contribution in [0.1, 0.15) is 32.6 Å². The number of halogens is 1. The van der Waals surface area contributed by atoms with Gasteiger partial charge in [0.1, 0.15) is 0 Å². The summed E-state index contributed by atoms with van der Waals surface area (Å²) in [5.74, 6) is 0. The third-order valence-corrected chi connectivity index (χ3v) is 5.93. The predicted molar refractivity (Wildman–Crippen MR) is 123 cm³/mol. The molecular formula is C20H24ClN8NaO4. The second-order valence-electron chi connectivity index (χ2n) is 7.93. The second-order valence-corrected chi connectivity index (χ2v) is 8.27. The first-order chi connectivity index (χ1) is 15.8. The number of fused-ring (bicyclic) bond motifs is 2. The molecule has 4 aromatic heterocycles. The molecular weight excluding hydrogens is 475 g/mol. The molecule has 0 aliphatic carbocycles.